The van der Waals surface area contributed by atoms with Crippen molar-refractivity contribution in [2.45, 2.75) is 13.5 Å². The zero-order valence-corrected chi connectivity index (χ0v) is 17.8. The Kier molecular flexibility index (Phi) is 5.32. The lowest BCUT2D eigenvalue weighted by Gasteiger charge is -2.09. The number of aromatic amines is 1. The molecular weight excluding hydrogens is 419 g/mol. The van der Waals surface area contributed by atoms with Gasteiger partial charge in [-0.25, -0.2) is 14.2 Å². The van der Waals surface area contributed by atoms with Gasteiger partial charge in [-0.2, -0.15) is 5.10 Å². The van der Waals surface area contributed by atoms with Crippen molar-refractivity contribution < 1.29 is 9.18 Å². The van der Waals surface area contributed by atoms with Crippen molar-refractivity contribution in [2.24, 2.45) is 0 Å². The molecule has 0 atom stereocenters. The Morgan fingerprint density at radius 3 is 2.36 bits per heavy atom. The third-order valence-electron chi connectivity index (χ3n) is 5.35. The summed E-state index contributed by atoms with van der Waals surface area (Å²) < 4.78 is 14.9. The Balaban J connectivity index is 1.40. The van der Waals surface area contributed by atoms with E-state index in [1.165, 1.54) is 24.3 Å². The van der Waals surface area contributed by atoms with E-state index in [0.717, 1.165) is 40.0 Å². The van der Waals surface area contributed by atoms with E-state index < -0.39 is 6.03 Å². The van der Waals surface area contributed by atoms with E-state index in [0.29, 0.717) is 11.4 Å². The first-order valence-corrected chi connectivity index (χ1v) is 10.5. The molecule has 2 amide bonds. The molecule has 2 aromatic carbocycles. The predicted molar refractivity (Wildman–Crippen MR) is 127 cm³/mol. The van der Waals surface area contributed by atoms with Crippen LogP contribution in [0.1, 0.15) is 6.92 Å². The summed E-state index contributed by atoms with van der Waals surface area (Å²) >= 11 is 0. The lowest BCUT2D eigenvalue weighted by Crippen LogP contribution is -2.19. The second kappa shape index (κ2) is 8.58. The van der Waals surface area contributed by atoms with Gasteiger partial charge in [0.2, 0.25) is 0 Å². The largest absolute Gasteiger partial charge is 0.346 e. The fourth-order valence-electron chi connectivity index (χ4n) is 3.73. The van der Waals surface area contributed by atoms with E-state index in [2.05, 4.69) is 20.6 Å². The van der Waals surface area contributed by atoms with Gasteiger partial charge >= 0.3 is 6.03 Å². The topological polar surface area (TPSA) is 87.6 Å². The number of rotatable bonds is 5. The Labute approximate surface area is 189 Å². The van der Waals surface area contributed by atoms with Crippen LogP contribution in [0, 0.1) is 5.82 Å². The van der Waals surface area contributed by atoms with Crippen LogP contribution in [0.2, 0.25) is 0 Å². The van der Waals surface area contributed by atoms with Crippen molar-refractivity contribution in [1.29, 1.82) is 0 Å². The first-order valence-electron chi connectivity index (χ1n) is 10.5. The quantitative estimate of drug-likeness (QED) is 0.318. The molecule has 0 spiro atoms. The molecule has 3 aromatic heterocycles. The zero-order chi connectivity index (χ0) is 22.8. The van der Waals surface area contributed by atoms with E-state index in [-0.39, 0.29) is 5.82 Å². The summed E-state index contributed by atoms with van der Waals surface area (Å²) in [6, 6.07) is 16.7. The van der Waals surface area contributed by atoms with Crippen LogP contribution in [0.25, 0.3) is 33.4 Å². The Morgan fingerprint density at radius 1 is 0.970 bits per heavy atom. The molecule has 33 heavy (non-hydrogen) atoms. The maximum Gasteiger partial charge on any atom is 0.323 e. The van der Waals surface area contributed by atoms with Gasteiger partial charge in [0, 0.05) is 53.0 Å². The predicted octanol–water partition coefficient (Wildman–Crippen LogP) is 5.90. The summed E-state index contributed by atoms with van der Waals surface area (Å²) in [5, 5.41) is 11.3. The second-order valence-electron chi connectivity index (χ2n) is 7.51. The van der Waals surface area contributed by atoms with Gasteiger partial charge in [-0.3, -0.25) is 4.68 Å². The normalized spacial score (nSPS) is 11.0. The third-order valence-corrected chi connectivity index (χ3v) is 5.35. The minimum Gasteiger partial charge on any atom is -0.346 e. The van der Waals surface area contributed by atoms with Crippen LogP contribution in [0.5, 0.6) is 0 Å². The minimum absolute atomic E-state index is 0.356. The van der Waals surface area contributed by atoms with Crippen LogP contribution in [-0.4, -0.2) is 25.8 Å². The first kappa shape index (κ1) is 20.4. The number of H-pyrrole nitrogens is 1. The van der Waals surface area contributed by atoms with Crippen LogP contribution in [-0.2, 0) is 6.54 Å². The lowest BCUT2D eigenvalue weighted by molar-refractivity contribution is 0.262. The van der Waals surface area contributed by atoms with Gasteiger partial charge in [0.05, 0.1) is 0 Å². The standard InChI is InChI=1S/C25H21FN6O/c1-2-32-15-22(20-11-13-27-24-21(20)12-14-28-24)23(31-32)16-3-7-18(8-4-16)29-25(33)30-19-9-5-17(26)6-10-19/h3-15H,2H2,1H3,(H,27,28)(H2,29,30,33). The molecule has 5 rings (SSSR count). The van der Waals surface area contributed by atoms with Crippen molar-refractivity contribution in [3.05, 3.63) is 85.1 Å². The Bertz CT molecular complexity index is 1420. The highest BCUT2D eigenvalue weighted by Crippen LogP contribution is 2.35. The first-order chi connectivity index (χ1) is 16.1. The van der Waals surface area contributed by atoms with E-state index in [1.54, 1.807) is 6.20 Å². The van der Waals surface area contributed by atoms with Crippen LogP contribution in [0.4, 0.5) is 20.6 Å². The molecule has 7 nitrogen and oxygen atoms in total. The maximum atomic E-state index is 13.0. The smallest absolute Gasteiger partial charge is 0.323 e. The second-order valence-corrected chi connectivity index (χ2v) is 7.51. The number of nitrogens with one attached hydrogen (secondary N) is 3. The summed E-state index contributed by atoms with van der Waals surface area (Å²) in [6.07, 6.45) is 5.70. The molecule has 0 saturated heterocycles. The number of aryl methyl sites for hydroxylation is 1. The van der Waals surface area contributed by atoms with Crippen molar-refractivity contribution in [2.75, 3.05) is 10.6 Å². The summed E-state index contributed by atoms with van der Waals surface area (Å²) in [4.78, 5) is 19.8. The summed E-state index contributed by atoms with van der Waals surface area (Å²) in [7, 11) is 0. The van der Waals surface area contributed by atoms with Crippen LogP contribution >= 0.6 is 0 Å². The van der Waals surface area contributed by atoms with Gasteiger partial charge in [0.15, 0.2) is 0 Å². The molecule has 5 aromatic rings. The number of hydrogen-bond donors (Lipinski definition) is 3. The number of anilines is 2. The van der Waals surface area contributed by atoms with Gasteiger partial charge in [-0.15, -0.1) is 0 Å². The highest BCUT2D eigenvalue weighted by Gasteiger charge is 2.16. The molecule has 3 N–H and O–H groups in total. The number of aromatic nitrogens is 4. The van der Waals surface area contributed by atoms with Crippen molar-refractivity contribution in [3.63, 3.8) is 0 Å². The van der Waals surface area contributed by atoms with Crippen molar-refractivity contribution in [1.82, 2.24) is 19.7 Å². The Hall–Kier alpha value is -4.46. The third kappa shape index (κ3) is 4.18. The zero-order valence-electron chi connectivity index (χ0n) is 17.8. The molecule has 164 valence electrons. The van der Waals surface area contributed by atoms with E-state index in [4.69, 9.17) is 5.10 Å². The molecule has 0 bridgehead atoms. The molecule has 3 heterocycles. The van der Waals surface area contributed by atoms with Gasteiger partial charge < -0.3 is 15.6 Å². The highest BCUT2D eigenvalue weighted by molar-refractivity contribution is 6.00. The number of carbonyl (C=O) groups is 1. The number of nitrogens with zero attached hydrogens (tertiary/aromatic N) is 3. The summed E-state index contributed by atoms with van der Waals surface area (Å²) in [5.74, 6) is -0.356. The summed E-state index contributed by atoms with van der Waals surface area (Å²) in [5.41, 5.74) is 5.82. The van der Waals surface area contributed by atoms with Crippen LogP contribution < -0.4 is 10.6 Å². The molecule has 0 fully saturated rings. The number of fused-ring (bicyclic) bond motifs is 1. The minimum atomic E-state index is -0.406. The number of pyridine rings is 1. The molecule has 0 aliphatic rings. The van der Waals surface area contributed by atoms with Gasteiger partial charge in [0.25, 0.3) is 0 Å². The molecule has 0 saturated carbocycles. The van der Waals surface area contributed by atoms with Gasteiger partial charge in [-0.1, -0.05) is 12.1 Å². The fraction of sp³-hybridized carbons (Fsp3) is 0.0800. The number of hydrogen-bond acceptors (Lipinski definition) is 3. The van der Waals surface area contributed by atoms with Crippen LogP contribution in [0.15, 0.2) is 79.3 Å². The highest BCUT2D eigenvalue weighted by atomic mass is 19.1. The molecule has 0 aliphatic heterocycles. The molecular formula is C25H21FN6O. The average Bonchev–Trinajstić information content (AvgIpc) is 3.48. The molecule has 0 unspecified atom stereocenters. The Morgan fingerprint density at radius 2 is 1.67 bits per heavy atom. The number of benzene rings is 2. The average molecular weight is 440 g/mol. The molecule has 0 radical (unpaired) electrons. The number of halogens is 1. The molecule has 0 aliphatic carbocycles. The maximum absolute atomic E-state index is 13.0. The van der Waals surface area contributed by atoms with Gasteiger partial charge in [-0.05, 0) is 61.0 Å². The van der Waals surface area contributed by atoms with Gasteiger partial charge in [0.1, 0.15) is 17.2 Å². The number of carbonyl (C=O) groups excluding carboxylic acids is 1. The molecule has 8 heteroatoms. The monoisotopic (exact) mass is 440 g/mol. The number of amides is 2. The summed E-state index contributed by atoms with van der Waals surface area (Å²) in [6.45, 7) is 2.79. The SMILES string of the molecule is CCn1cc(-c2ccnc3[nH]ccc23)c(-c2ccc(NC(=O)Nc3ccc(F)cc3)cc2)n1. The van der Waals surface area contributed by atoms with E-state index in [1.807, 2.05) is 60.4 Å². The van der Waals surface area contributed by atoms with Crippen molar-refractivity contribution >= 4 is 28.4 Å². The van der Waals surface area contributed by atoms with Crippen LogP contribution in [0.3, 0.4) is 0 Å². The van der Waals surface area contributed by atoms with Crippen molar-refractivity contribution in [3.8, 4) is 22.4 Å². The van der Waals surface area contributed by atoms with E-state index >= 15 is 0 Å². The lowest BCUT2D eigenvalue weighted by atomic mass is 10.0. The fourth-order valence-corrected chi connectivity index (χ4v) is 3.73. The van der Waals surface area contributed by atoms with E-state index in [9.17, 15) is 9.18 Å². The number of urea groups is 1.